The first-order chi connectivity index (χ1) is 8.35. The topological polar surface area (TPSA) is 43.8 Å². The Kier molecular flexibility index (Phi) is 4.23. The van der Waals surface area contributed by atoms with Gasteiger partial charge in [-0.15, -0.1) is 0 Å². The Labute approximate surface area is 106 Å². The van der Waals surface area contributed by atoms with E-state index in [0.29, 0.717) is 6.54 Å². The van der Waals surface area contributed by atoms with Gasteiger partial charge in [0.15, 0.2) is 5.16 Å². The third-order valence-electron chi connectivity index (χ3n) is 2.58. The molecule has 0 amide bonds. The Morgan fingerprint density at radius 3 is 2.71 bits per heavy atom. The van der Waals surface area contributed by atoms with Crippen LogP contribution in [0.1, 0.15) is 12.5 Å². The number of hydrogen-bond acceptors (Lipinski definition) is 3. The van der Waals surface area contributed by atoms with Crippen LogP contribution in [0.25, 0.3) is 5.69 Å². The summed E-state index contributed by atoms with van der Waals surface area (Å²) in [5.74, 6) is 0.893. The highest BCUT2D eigenvalue weighted by molar-refractivity contribution is 7.99. The molecule has 0 radical (unpaired) electrons. The van der Waals surface area contributed by atoms with Gasteiger partial charge in [-0.1, -0.05) is 30.8 Å². The maximum Gasteiger partial charge on any atom is 0.172 e. The summed E-state index contributed by atoms with van der Waals surface area (Å²) < 4.78 is 2.10. The zero-order chi connectivity index (χ0) is 12.1. The molecule has 3 nitrogen and oxygen atoms in total. The van der Waals surface area contributed by atoms with Crippen LogP contribution in [0.4, 0.5) is 0 Å². The Hall–Kier alpha value is -1.26. The van der Waals surface area contributed by atoms with Gasteiger partial charge in [-0.05, 0) is 24.1 Å². The van der Waals surface area contributed by atoms with Gasteiger partial charge in [0.05, 0.1) is 0 Å². The van der Waals surface area contributed by atoms with E-state index in [1.54, 1.807) is 11.8 Å². The van der Waals surface area contributed by atoms with Crippen molar-refractivity contribution in [2.45, 2.75) is 18.5 Å². The fraction of sp³-hybridized carbons (Fsp3) is 0.308. The molecule has 1 heterocycles. The minimum atomic E-state index is 0.673. The van der Waals surface area contributed by atoms with Gasteiger partial charge in [0.1, 0.15) is 0 Å². The molecule has 90 valence electrons. The fourth-order valence-electron chi connectivity index (χ4n) is 1.64. The number of nitrogens with zero attached hydrogens (tertiary/aromatic N) is 2. The molecule has 1 aromatic carbocycles. The van der Waals surface area contributed by atoms with Gasteiger partial charge in [0.25, 0.3) is 0 Å². The molecular weight excluding hydrogens is 230 g/mol. The maximum absolute atomic E-state index is 5.51. The minimum Gasteiger partial charge on any atom is -0.330 e. The van der Waals surface area contributed by atoms with Crippen LogP contribution in [0.5, 0.6) is 0 Å². The molecule has 0 atom stereocenters. The second-order valence-electron chi connectivity index (χ2n) is 3.74. The third kappa shape index (κ3) is 2.90. The van der Waals surface area contributed by atoms with Crippen LogP contribution in [0.15, 0.2) is 41.8 Å². The molecule has 0 bridgehead atoms. The van der Waals surface area contributed by atoms with Gasteiger partial charge in [0.2, 0.25) is 0 Å². The number of aromatic nitrogens is 2. The van der Waals surface area contributed by atoms with Crippen LogP contribution >= 0.6 is 11.8 Å². The van der Waals surface area contributed by atoms with Crippen LogP contribution < -0.4 is 5.73 Å². The van der Waals surface area contributed by atoms with Crippen molar-refractivity contribution in [3.8, 4) is 5.69 Å². The maximum atomic E-state index is 5.51. The molecule has 0 aliphatic heterocycles. The molecule has 17 heavy (non-hydrogen) atoms. The van der Waals surface area contributed by atoms with E-state index in [9.17, 15) is 0 Å². The van der Waals surface area contributed by atoms with Crippen LogP contribution in [0.3, 0.4) is 0 Å². The lowest BCUT2D eigenvalue weighted by molar-refractivity contribution is 0.892. The zero-order valence-electron chi connectivity index (χ0n) is 9.97. The number of thioether (sulfide) groups is 1. The summed E-state index contributed by atoms with van der Waals surface area (Å²) in [4.78, 5) is 4.34. The molecule has 0 spiro atoms. The average molecular weight is 247 g/mol. The number of nitrogens with two attached hydrogens (primary N) is 1. The lowest BCUT2D eigenvalue weighted by Gasteiger charge is -2.07. The normalized spacial score (nSPS) is 10.7. The van der Waals surface area contributed by atoms with Gasteiger partial charge in [0, 0.05) is 30.4 Å². The van der Waals surface area contributed by atoms with E-state index in [0.717, 1.165) is 23.0 Å². The van der Waals surface area contributed by atoms with Gasteiger partial charge in [-0.3, -0.25) is 4.57 Å². The summed E-state index contributed by atoms with van der Waals surface area (Å²) in [7, 11) is 0. The van der Waals surface area contributed by atoms with Crippen LogP contribution in [0.2, 0.25) is 0 Å². The Balaban J connectivity index is 2.23. The van der Waals surface area contributed by atoms with Gasteiger partial charge >= 0.3 is 0 Å². The standard InChI is InChI=1S/C13H17N3S/c1-2-11-3-5-12(6-4-11)16-9-8-15-13(16)17-10-7-14/h3-6,8-9H,2,7,10,14H2,1H3. The van der Waals surface area contributed by atoms with Gasteiger partial charge in [-0.25, -0.2) is 4.98 Å². The first-order valence-electron chi connectivity index (χ1n) is 5.80. The summed E-state index contributed by atoms with van der Waals surface area (Å²) in [6.45, 7) is 2.83. The largest absolute Gasteiger partial charge is 0.330 e. The zero-order valence-corrected chi connectivity index (χ0v) is 10.8. The molecular formula is C13H17N3S. The highest BCUT2D eigenvalue weighted by atomic mass is 32.2. The summed E-state index contributed by atoms with van der Waals surface area (Å²) in [5.41, 5.74) is 8.02. The van der Waals surface area contributed by atoms with E-state index in [-0.39, 0.29) is 0 Å². The molecule has 0 saturated heterocycles. The third-order valence-corrected chi connectivity index (χ3v) is 3.58. The van der Waals surface area contributed by atoms with Crippen molar-refractivity contribution in [3.05, 3.63) is 42.2 Å². The van der Waals surface area contributed by atoms with Crippen LogP contribution in [-0.4, -0.2) is 21.8 Å². The summed E-state index contributed by atoms with van der Waals surface area (Å²) >= 11 is 1.69. The molecule has 4 heteroatoms. The van der Waals surface area contributed by atoms with Crippen molar-refractivity contribution >= 4 is 11.8 Å². The molecule has 2 rings (SSSR count). The van der Waals surface area contributed by atoms with Crippen molar-refractivity contribution in [2.75, 3.05) is 12.3 Å². The quantitative estimate of drug-likeness (QED) is 0.826. The smallest absolute Gasteiger partial charge is 0.172 e. The van der Waals surface area contributed by atoms with E-state index in [1.807, 2.05) is 12.4 Å². The first-order valence-corrected chi connectivity index (χ1v) is 6.79. The van der Waals surface area contributed by atoms with Crippen LogP contribution in [0, 0.1) is 0 Å². The molecule has 0 unspecified atom stereocenters. The van der Waals surface area contributed by atoms with E-state index < -0.39 is 0 Å². The average Bonchev–Trinajstić information content (AvgIpc) is 2.84. The number of benzene rings is 1. The molecule has 0 aliphatic carbocycles. The summed E-state index contributed by atoms with van der Waals surface area (Å²) in [6.07, 6.45) is 4.88. The predicted octanol–water partition coefficient (Wildman–Crippen LogP) is 2.49. The Bertz CT molecular complexity index is 462. The Morgan fingerprint density at radius 2 is 2.06 bits per heavy atom. The molecule has 0 fully saturated rings. The van der Waals surface area contributed by atoms with E-state index in [1.165, 1.54) is 5.56 Å². The minimum absolute atomic E-state index is 0.673. The van der Waals surface area contributed by atoms with Crippen molar-refractivity contribution in [3.63, 3.8) is 0 Å². The number of aryl methyl sites for hydroxylation is 1. The predicted molar refractivity (Wildman–Crippen MR) is 72.7 cm³/mol. The highest BCUT2D eigenvalue weighted by Gasteiger charge is 2.04. The monoisotopic (exact) mass is 247 g/mol. The molecule has 2 N–H and O–H groups in total. The van der Waals surface area contributed by atoms with Crippen molar-refractivity contribution < 1.29 is 0 Å². The van der Waals surface area contributed by atoms with E-state index in [4.69, 9.17) is 5.73 Å². The summed E-state index contributed by atoms with van der Waals surface area (Å²) in [5, 5.41) is 1.000. The van der Waals surface area contributed by atoms with Gasteiger partial charge in [-0.2, -0.15) is 0 Å². The van der Waals surface area contributed by atoms with Crippen molar-refractivity contribution in [1.29, 1.82) is 0 Å². The van der Waals surface area contributed by atoms with Crippen LogP contribution in [-0.2, 0) is 6.42 Å². The molecule has 2 aromatic rings. The fourth-order valence-corrected chi connectivity index (χ4v) is 2.38. The lowest BCUT2D eigenvalue weighted by atomic mass is 10.1. The molecule has 0 aliphatic rings. The number of rotatable bonds is 5. The summed E-state index contributed by atoms with van der Waals surface area (Å²) in [6, 6.07) is 8.58. The van der Waals surface area contributed by atoms with E-state index >= 15 is 0 Å². The molecule has 1 aromatic heterocycles. The van der Waals surface area contributed by atoms with Gasteiger partial charge < -0.3 is 5.73 Å². The van der Waals surface area contributed by atoms with Crippen molar-refractivity contribution in [2.24, 2.45) is 5.73 Å². The lowest BCUT2D eigenvalue weighted by Crippen LogP contribution is -2.03. The second kappa shape index (κ2) is 5.89. The number of imidazole rings is 1. The highest BCUT2D eigenvalue weighted by Crippen LogP contribution is 2.20. The SMILES string of the molecule is CCc1ccc(-n2ccnc2SCCN)cc1. The first kappa shape index (κ1) is 12.2. The number of hydrogen-bond donors (Lipinski definition) is 1. The van der Waals surface area contributed by atoms with Crippen molar-refractivity contribution in [1.82, 2.24) is 9.55 Å². The Morgan fingerprint density at radius 1 is 1.29 bits per heavy atom. The second-order valence-corrected chi connectivity index (χ2v) is 4.80. The van der Waals surface area contributed by atoms with E-state index in [2.05, 4.69) is 40.7 Å². The molecule has 0 saturated carbocycles.